The molecule has 3 aromatic carbocycles. The maximum atomic E-state index is 13.2. The molecule has 0 radical (unpaired) electrons. The van der Waals surface area contributed by atoms with E-state index >= 15 is 0 Å². The summed E-state index contributed by atoms with van der Waals surface area (Å²) in [4.78, 5) is 25.7. The summed E-state index contributed by atoms with van der Waals surface area (Å²) in [6.07, 6.45) is 0. The monoisotopic (exact) mass is 542 g/mol. The van der Waals surface area contributed by atoms with Gasteiger partial charge in [-0.15, -0.1) is 0 Å². The number of sulfonamides is 1. The Bertz CT molecular complexity index is 1440. The van der Waals surface area contributed by atoms with Crippen LogP contribution in [0.15, 0.2) is 59.5 Å². The molecule has 0 saturated carbocycles. The van der Waals surface area contributed by atoms with Crippen molar-refractivity contribution < 1.29 is 37.0 Å². The van der Waals surface area contributed by atoms with E-state index in [1.165, 1.54) is 64.1 Å². The number of ether oxygens (including phenoxy) is 4. The fraction of sp³-hybridized carbons (Fsp3) is 0.259. The minimum absolute atomic E-state index is 0.0513. The SMILES string of the molecule is COC(=O)c1cc(OC)c(OC)cc1NC(=O)c1ccc(OC)c(CN(C)S(=O)(=O)c2ccc(C)cc2)c1. The second-order valence-corrected chi connectivity index (χ2v) is 10.3. The highest BCUT2D eigenvalue weighted by Crippen LogP contribution is 2.34. The van der Waals surface area contributed by atoms with Crippen LogP contribution in [-0.2, 0) is 21.3 Å². The molecule has 0 unspecified atom stereocenters. The van der Waals surface area contributed by atoms with Crippen molar-refractivity contribution >= 4 is 27.6 Å². The molecule has 0 aliphatic carbocycles. The maximum absolute atomic E-state index is 13.2. The number of nitrogens with one attached hydrogen (secondary N) is 1. The molecule has 38 heavy (non-hydrogen) atoms. The molecular formula is C27H30N2O8S. The number of hydrogen-bond acceptors (Lipinski definition) is 8. The van der Waals surface area contributed by atoms with Crippen LogP contribution < -0.4 is 19.5 Å². The molecular weight excluding hydrogens is 512 g/mol. The van der Waals surface area contributed by atoms with Crippen LogP contribution in [-0.4, -0.2) is 60.1 Å². The summed E-state index contributed by atoms with van der Waals surface area (Å²) < 4.78 is 48.1. The zero-order valence-corrected chi connectivity index (χ0v) is 22.8. The van der Waals surface area contributed by atoms with Crippen molar-refractivity contribution in [1.29, 1.82) is 0 Å². The number of rotatable bonds is 10. The van der Waals surface area contributed by atoms with E-state index in [9.17, 15) is 18.0 Å². The zero-order chi connectivity index (χ0) is 28.0. The predicted molar refractivity (Wildman–Crippen MR) is 142 cm³/mol. The van der Waals surface area contributed by atoms with Crippen molar-refractivity contribution in [1.82, 2.24) is 4.31 Å². The van der Waals surface area contributed by atoms with E-state index in [-0.39, 0.29) is 34.0 Å². The molecule has 0 bridgehead atoms. The van der Waals surface area contributed by atoms with Gasteiger partial charge in [-0.1, -0.05) is 17.7 Å². The second kappa shape index (κ2) is 12.0. The van der Waals surface area contributed by atoms with E-state index in [2.05, 4.69) is 5.32 Å². The molecule has 1 N–H and O–H groups in total. The largest absolute Gasteiger partial charge is 0.496 e. The Hall–Kier alpha value is -4.09. The van der Waals surface area contributed by atoms with Gasteiger partial charge in [-0.05, 0) is 37.3 Å². The lowest BCUT2D eigenvalue weighted by atomic mass is 10.1. The standard InChI is InChI=1S/C27H30N2O8S/c1-17-7-10-20(11-8-17)38(32,33)29(2)16-19-13-18(9-12-23(19)34-3)26(30)28-22-15-25(36-5)24(35-4)14-21(22)27(31)37-6/h7-15H,16H2,1-6H3,(H,28,30). The number of methoxy groups -OCH3 is 4. The van der Waals surface area contributed by atoms with E-state index in [1.54, 1.807) is 30.3 Å². The first kappa shape index (κ1) is 28.5. The second-order valence-electron chi connectivity index (χ2n) is 8.30. The summed E-state index contributed by atoms with van der Waals surface area (Å²) in [6.45, 7) is 1.82. The zero-order valence-electron chi connectivity index (χ0n) is 22.0. The van der Waals surface area contributed by atoms with E-state index < -0.39 is 21.9 Å². The molecule has 0 aromatic heterocycles. The smallest absolute Gasteiger partial charge is 0.340 e. The molecule has 0 aliphatic heterocycles. The lowest BCUT2D eigenvalue weighted by Crippen LogP contribution is -2.27. The lowest BCUT2D eigenvalue weighted by Gasteiger charge is -2.20. The van der Waals surface area contributed by atoms with Gasteiger partial charge in [0.1, 0.15) is 5.75 Å². The van der Waals surface area contributed by atoms with E-state index in [1.807, 2.05) is 6.92 Å². The summed E-state index contributed by atoms with van der Waals surface area (Å²) >= 11 is 0. The van der Waals surface area contributed by atoms with Crippen LogP contribution in [0.4, 0.5) is 5.69 Å². The van der Waals surface area contributed by atoms with Gasteiger partial charge in [-0.2, -0.15) is 4.31 Å². The molecule has 0 fully saturated rings. The molecule has 10 nitrogen and oxygen atoms in total. The number of esters is 1. The number of carbonyl (C=O) groups excluding carboxylic acids is 2. The quantitative estimate of drug-likeness (QED) is 0.383. The minimum atomic E-state index is -3.79. The average Bonchev–Trinajstić information content (AvgIpc) is 2.92. The molecule has 0 aliphatic rings. The van der Waals surface area contributed by atoms with Crippen LogP contribution in [0.25, 0.3) is 0 Å². The van der Waals surface area contributed by atoms with Gasteiger partial charge in [0.2, 0.25) is 10.0 Å². The van der Waals surface area contributed by atoms with Crippen LogP contribution in [0.2, 0.25) is 0 Å². The molecule has 202 valence electrons. The molecule has 3 rings (SSSR count). The van der Waals surface area contributed by atoms with Crippen molar-refractivity contribution in [2.24, 2.45) is 0 Å². The van der Waals surface area contributed by atoms with Gasteiger partial charge in [0.05, 0.1) is 44.6 Å². The van der Waals surface area contributed by atoms with E-state index in [0.717, 1.165) is 5.56 Å². The van der Waals surface area contributed by atoms with Crippen molar-refractivity contribution in [2.75, 3.05) is 40.8 Å². The fourth-order valence-corrected chi connectivity index (χ4v) is 4.86. The third-order valence-electron chi connectivity index (χ3n) is 5.84. The molecule has 0 atom stereocenters. The number of aryl methyl sites for hydroxylation is 1. The molecule has 11 heteroatoms. The van der Waals surface area contributed by atoms with Gasteiger partial charge in [0, 0.05) is 36.9 Å². The van der Waals surface area contributed by atoms with Gasteiger partial charge in [0.15, 0.2) is 11.5 Å². The number of benzene rings is 3. The number of nitrogens with zero attached hydrogens (tertiary/aromatic N) is 1. The minimum Gasteiger partial charge on any atom is -0.496 e. The first-order valence-electron chi connectivity index (χ1n) is 11.4. The molecule has 0 spiro atoms. The predicted octanol–water partition coefficient (Wildman–Crippen LogP) is 3.88. The summed E-state index contributed by atoms with van der Waals surface area (Å²) in [5, 5.41) is 2.70. The summed E-state index contributed by atoms with van der Waals surface area (Å²) in [5.41, 5.74) is 1.84. The first-order valence-corrected chi connectivity index (χ1v) is 12.8. The molecule has 3 aromatic rings. The highest BCUT2D eigenvalue weighted by Gasteiger charge is 2.24. The Labute approximate surface area is 222 Å². The van der Waals surface area contributed by atoms with Crippen LogP contribution in [0, 0.1) is 6.92 Å². The number of carbonyl (C=O) groups is 2. The van der Waals surface area contributed by atoms with E-state index in [0.29, 0.717) is 17.1 Å². The third-order valence-corrected chi connectivity index (χ3v) is 7.66. The Kier molecular flexibility index (Phi) is 8.97. The van der Waals surface area contributed by atoms with E-state index in [4.69, 9.17) is 18.9 Å². The Morgan fingerprint density at radius 1 is 0.842 bits per heavy atom. The van der Waals surface area contributed by atoms with Crippen LogP contribution in [0.5, 0.6) is 17.2 Å². The van der Waals surface area contributed by atoms with Gasteiger partial charge in [0.25, 0.3) is 5.91 Å². The van der Waals surface area contributed by atoms with Crippen LogP contribution in [0.1, 0.15) is 31.8 Å². The number of hydrogen-bond donors (Lipinski definition) is 1. The normalized spacial score (nSPS) is 11.1. The summed E-state index contributed by atoms with van der Waals surface area (Å²) in [5.74, 6) is -0.229. The average molecular weight is 543 g/mol. The Balaban J connectivity index is 1.93. The topological polar surface area (TPSA) is 120 Å². The number of amides is 1. The van der Waals surface area contributed by atoms with Crippen molar-refractivity contribution in [2.45, 2.75) is 18.4 Å². The Morgan fingerprint density at radius 3 is 2.03 bits per heavy atom. The van der Waals surface area contributed by atoms with Gasteiger partial charge in [-0.3, -0.25) is 4.79 Å². The summed E-state index contributed by atoms with van der Waals surface area (Å²) in [7, 11) is 3.19. The summed E-state index contributed by atoms with van der Waals surface area (Å²) in [6, 6.07) is 14.0. The first-order chi connectivity index (χ1) is 18.0. The van der Waals surface area contributed by atoms with Crippen LogP contribution in [0.3, 0.4) is 0 Å². The van der Waals surface area contributed by atoms with Gasteiger partial charge >= 0.3 is 5.97 Å². The highest BCUT2D eigenvalue weighted by atomic mass is 32.2. The molecule has 0 saturated heterocycles. The maximum Gasteiger partial charge on any atom is 0.340 e. The lowest BCUT2D eigenvalue weighted by molar-refractivity contribution is 0.0601. The van der Waals surface area contributed by atoms with Crippen molar-refractivity contribution in [3.05, 3.63) is 76.9 Å². The number of anilines is 1. The van der Waals surface area contributed by atoms with Crippen LogP contribution >= 0.6 is 0 Å². The molecule has 0 heterocycles. The van der Waals surface area contributed by atoms with Gasteiger partial charge in [-0.25, -0.2) is 13.2 Å². The molecule has 1 amide bonds. The van der Waals surface area contributed by atoms with Crippen molar-refractivity contribution in [3.8, 4) is 17.2 Å². The Morgan fingerprint density at radius 2 is 1.45 bits per heavy atom. The van der Waals surface area contributed by atoms with Crippen molar-refractivity contribution in [3.63, 3.8) is 0 Å². The van der Waals surface area contributed by atoms with Gasteiger partial charge < -0.3 is 24.3 Å². The highest BCUT2D eigenvalue weighted by molar-refractivity contribution is 7.89. The third kappa shape index (κ3) is 6.06. The fourth-order valence-electron chi connectivity index (χ4n) is 3.71.